The Morgan fingerprint density at radius 1 is 1.10 bits per heavy atom. The third kappa shape index (κ3) is 6.49. The highest BCUT2D eigenvalue weighted by molar-refractivity contribution is 5.19. The molecule has 0 bridgehead atoms. The fourth-order valence-corrected chi connectivity index (χ4v) is 2.42. The number of unbranched alkanes of at least 4 members (excludes halogenated alkanes) is 2. The molecule has 114 valence electrons. The van der Waals surface area contributed by atoms with Gasteiger partial charge in [0.1, 0.15) is 5.82 Å². The van der Waals surface area contributed by atoms with E-state index in [4.69, 9.17) is 0 Å². The van der Waals surface area contributed by atoms with Gasteiger partial charge in [-0.15, -0.1) is 0 Å². The molecule has 0 aliphatic rings. The summed E-state index contributed by atoms with van der Waals surface area (Å²) in [6.07, 6.45) is 4.90. The Balaban J connectivity index is 2.44. The highest BCUT2D eigenvalue weighted by Gasteiger charge is 2.11. The molecule has 0 saturated carbocycles. The lowest BCUT2D eigenvalue weighted by molar-refractivity contribution is 0.301. The van der Waals surface area contributed by atoms with E-state index in [0.717, 1.165) is 26.1 Å². The summed E-state index contributed by atoms with van der Waals surface area (Å²) in [5, 5.41) is 3.49. The molecule has 20 heavy (non-hydrogen) atoms. The van der Waals surface area contributed by atoms with Crippen LogP contribution in [0.5, 0.6) is 0 Å². The van der Waals surface area contributed by atoms with Gasteiger partial charge in [0.25, 0.3) is 0 Å². The lowest BCUT2D eigenvalue weighted by Crippen LogP contribution is -2.28. The molecule has 0 fully saturated rings. The minimum Gasteiger partial charge on any atom is -0.310 e. The fourth-order valence-electron chi connectivity index (χ4n) is 2.42. The lowest BCUT2D eigenvalue weighted by Gasteiger charge is -2.22. The average Bonchev–Trinajstić information content (AvgIpc) is 2.45. The van der Waals surface area contributed by atoms with Gasteiger partial charge in [-0.2, -0.15) is 0 Å². The Hall–Kier alpha value is -0.930. The van der Waals surface area contributed by atoms with Crippen molar-refractivity contribution in [1.82, 2.24) is 10.2 Å². The molecule has 0 aliphatic carbocycles. The first-order valence-corrected chi connectivity index (χ1v) is 7.84. The van der Waals surface area contributed by atoms with E-state index in [2.05, 4.69) is 31.1 Å². The zero-order chi connectivity index (χ0) is 14.8. The van der Waals surface area contributed by atoms with E-state index in [1.54, 1.807) is 12.1 Å². The minimum atomic E-state index is -0.166. The van der Waals surface area contributed by atoms with Crippen molar-refractivity contribution < 1.29 is 4.39 Å². The molecular formula is C17H29FN2. The summed E-state index contributed by atoms with van der Waals surface area (Å²) in [6, 6.07) is 7.18. The molecule has 0 aliphatic heterocycles. The normalized spacial score (nSPS) is 12.8. The molecule has 1 rings (SSSR count). The van der Waals surface area contributed by atoms with Crippen LogP contribution in [0, 0.1) is 5.82 Å². The van der Waals surface area contributed by atoms with E-state index in [9.17, 15) is 4.39 Å². The molecule has 1 atom stereocenters. The first-order chi connectivity index (χ1) is 9.67. The smallest absolute Gasteiger partial charge is 0.123 e. The van der Waals surface area contributed by atoms with Gasteiger partial charge in [0, 0.05) is 6.04 Å². The van der Waals surface area contributed by atoms with Crippen LogP contribution in [0.1, 0.15) is 51.1 Å². The molecule has 0 saturated heterocycles. The van der Waals surface area contributed by atoms with Crippen LogP contribution in [0.25, 0.3) is 0 Å². The van der Waals surface area contributed by atoms with Crippen molar-refractivity contribution in [1.29, 1.82) is 0 Å². The van der Waals surface area contributed by atoms with Crippen molar-refractivity contribution in [3.63, 3.8) is 0 Å². The second kappa shape index (κ2) is 9.89. The van der Waals surface area contributed by atoms with Crippen LogP contribution in [0.4, 0.5) is 4.39 Å². The molecule has 0 spiro atoms. The standard InChI is InChI=1S/C17H29FN2/c1-4-6-7-13-20(3)14-12-17(19-5-2)15-8-10-16(18)11-9-15/h8-11,17,19H,4-7,12-14H2,1-3H3. The van der Waals surface area contributed by atoms with Gasteiger partial charge in [0.15, 0.2) is 0 Å². The Bertz CT molecular complexity index is 351. The zero-order valence-corrected chi connectivity index (χ0v) is 13.2. The SMILES string of the molecule is CCCCCN(C)CCC(NCC)c1ccc(F)cc1. The topological polar surface area (TPSA) is 15.3 Å². The van der Waals surface area contributed by atoms with Crippen molar-refractivity contribution >= 4 is 0 Å². The summed E-state index contributed by atoms with van der Waals surface area (Å²) in [5.41, 5.74) is 1.18. The Labute approximate surface area is 123 Å². The Morgan fingerprint density at radius 2 is 1.80 bits per heavy atom. The van der Waals surface area contributed by atoms with E-state index in [-0.39, 0.29) is 5.82 Å². The van der Waals surface area contributed by atoms with Gasteiger partial charge in [-0.25, -0.2) is 4.39 Å². The number of rotatable bonds is 10. The molecule has 0 amide bonds. The van der Waals surface area contributed by atoms with E-state index in [1.807, 2.05) is 12.1 Å². The predicted octanol–water partition coefficient (Wildman–Crippen LogP) is 3.99. The quantitative estimate of drug-likeness (QED) is 0.652. The number of halogens is 1. The van der Waals surface area contributed by atoms with E-state index in [1.165, 1.54) is 24.8 Å². The van der Waals surface area contributed by atoms with E-state index in [0.29, 0.717) is 6.04 Å². The first kappa shape index (κ1) is 17.1. The van der Waals surface area contributed by atoms with Crippen LogP contribution in [-0.2, 0) is 0 Å². The summed E-state index contributed by atoms with van der Waals surface area (Å²) >= 11 is 0. The monoisotopic (exact) mass is 280 g/mol. The van der Waals surface area contributed by atoms with Gasteiger partial charge in [-0.3, -0.25) is 0 Å². The second-order valence-electron chi connectivity index (χ2n) is 5.46. The number of hydrogen-bond acceptors (Lipinski definition) is 2. The van der Waals surface area contributed by atoms with Crippen molar-refractivity contribution in [2.24, 2.45) is 0 Å². The predicted molar refractivity (Wildman–Crippen MR) is 84.5 cm³/mol. The summed E-state index contributed by atoms with van der Waals surface area (Å²) < 4.78 is 13.0. The number of benzene rings is 1. The maximum atomic E-state index is 13.0. The van der Waals surface area contributed by atoms with Crippen molar-refractivity contribution in [3.8, 4) is 0 Å². The molecule has 0 aromatic heterocycles. The van der Waals surface area contributed by atoms with Crippen LogP contribution in [-0.4, -0.2) is 31.6 Å². The second-order valence-corrected chi connectivity index (χ2v) is 5.46. The van der Waals surface area contributed by atoms with Crippen LogP contribution in [0.2, 0.25) is 0 Å². The molecule has 0 radical (unpaired) electrons. The molecule has 2 nitrogen and oxygen atoms in total. The lowest BCUT2D eigenvalue weighted by atomic mass is 10.0. The van der Waals surface area contributed by atoms with Crippen LogP contribution < -0.4 is 5.32 Å². The number of nitrogens with one attached hydrogen (secondary N) is 1. The van der Waals surface area contributed by atoms with Gasteiger partial charge in [0.05, 0.1) is 0 Å². The number of hydrogen-bond donors (Lipinski definition) is 1. The van der Waals surface area contributed by atoms with Gasteiger partial charge < -0.3 is 10.2 Å². The molecular weight excluding hydrogens is 251 g/mol. The minimum absolute atomic E-state index is 0.166. The number of nitrogens with zero attached hydrogens (tertiary/aromatic N) is 1. The summed E-state index contributed by atoms with van der Waals surface area (Å²) in [4.78, 5) is 2.39. The highest BCUT2D eigenvalue weighted by atomic mass is 19.1. The van der Waals surface area contributed by atoms with Crippen molar-refractivity contribution in [3.05, 3.63) is 35.6 Å². The average molecular weight is 280 g/mol. The molecule has 1 N–H and O–H groups in total. The van der Waals surface area contributed by atoms with Crippen molar-refractivity contribution in [2.45, 2.75) is 45.6 Å². The van der Waals surface area contributed by atoms with Gasteiger partial charge in [-0.1, -0.05) is 38.8 Å². The molecule has 3 heteroatoms. The third-order valence-corrected chi connectivity index (χ3v) is 3.67. The fraction of sp³-hybridized carbons (Fsp3) is 0.647. The van der Waals surface area contributed by atoms with Gasteiger partial charge in [-0.05, 0) is 57.2 Å². The van der Waals surface area contributed by atoms with Crippen molar-refractivity contribution in [2.75, 3.05) is 26.7 Å². The molecule has 1 aromatic rings. The van der Waals surface area contributed by atoms with E-state index >= 15 is 0 Å². The summed E-state index contributed by atoms with van der Waals surface area (Å²) in [7, 11) is 2.18. The van der Waals surface area contributed by atoms with Crippen LogP contribution in [0.3, 0.4) is 0 Å². The highest BCUT2D eigenvalue weighted by Crippen LogP contribution is 2.17. The van der Waals surface area contributed by atoms with Crippen LogP contribution in [0.15, 0.2) is 24.3 Å². The Morgan fingerprint density at radius 3 is 2.40 bits per heavy atom. The zero-order valence-electron chi connectivity index (χ0n) is 13.2. The van der Waals surface area contributed by atoms with Crippen LogP contribution >= 0.6 is 0 Å². The Kier molecular flexibility index (Phi) is 8.47. The maximum absolute atomic E-state index is 13.0. The van der Waals surface area contributed by atoms with Gasteiger partial charge in [0.2, 0.25) is 0 Å². The third-order valence-electron chi connectivity index (χ3n) is 3.67. The largest absolute Gasteiger partial charge is 0.310 e. The molecule has 1 unspecified atom stereocenters. The molecule has 1 aromatic carbocycles. The summed E-state index contributed by atoms with van der Waals surface area (Å²) in [5.74, 6) is -0.166. The summed E-state index contributed by atoms with van der Waals surface area (Å²) in [6.45, 7) is 7.51. The molecule has 0 heterocycles. The van der Waals surface area contributed by atoms with E-state index < -0.39 is 0 Å². The first-order valence-electron chi connectivity index (χ1n) is 7.84. The maximum Gasteiger partial charge on any atom is 0.123 e. The van der Waals surface area contributed by atoms with Gasteiger partial charge >= 0.3 is 0 Å².